The Morgan fingerprint density at radius 3 is 2.46 bits per heavy atom. The maximum Gasteiger partial charge on any atom is 0.253 e. The number of amides is 1. The number of fused-ring (bicyclic) bond motifs is 2. The second kappa shape index (κ2) is 10.3. The predicted molar refractivity (Wildman–Crippen MR) is 159 cm³/mol. The molecule has 0 spiro atoms. The van der Waals surface area contributed by atoms with Crippen LogP contribution in [0.3, 0.4) is 0 Å². The summed E-state index contributed by atoms with van der Waals surface area (Å²) in [5, 5.41) is 5.29. The summed E-state index contributed by atoms with van der Waals surface area (Å²) in [6.45, 7) is 3.58. The Kier molecular flexibility index (Phi) is 6.34. The number of nitrogens with zero attached hydrogens (tertiary/aromatic N) is 5. The predicted octanol–water partition coefficient (Wildman–Crippen LogP) is 7.14. The molecule has 3 heterocycles. The van der Waals surface area contributed by atoms with Crippen molar-refractivity contribution in [3.05, 3.63) is 126 Å². The lowest BCUT2D eigenvalue weighted by atomic mass is 9.94. The maximum atomic E-state index is 13.8. The Labute approximate surface area is 237 Å². The van der Waals surface area contributed by atoms with Crippen molar-refractivity contribution in [2.45, 2.75) is 31.7 Å². The van der Waals surface area contributed by atoms with Crippen molar-refractivity contribution >= 4 is 27.8 Å². The van der Waals surface area contributed by atoms with Gasteiger partial charge in [-0.2, -0.15) is 5.10 Å². The van der Waals surface area contributed by atoms with Crippen molar-refractivity contribution in [3.8, 4) is 5.69 Å². The lowest BCUT2D eigenvalue weighted by Crippen LogP contribution is -2.38. The molecule has 1 fully saturated rings. The molecule has 2 aromatic heterocycles. The zero-order valence-electron chi connectivity index (χ0n) is 22.8. The lowest BCUT2D eigenvalue weighted by Gasteiger charge is -2.33. The van der Waals surface area contributed by atoms with E-state index in [2.05, 4.69) is 59.1 Å². The third-order valence-electron chi connectivity index (χ3n) is 8.31. The van der Waals surface area contributed by atoms with Crippen LogP contribution in [0.2, 0.25) is 0 Å². The quantitative estimate of drug-likeness (QED) is 0.232. The molecule has 6 nitrogen and oxygen atoms in total. The molecule has 0 radical (unpaired) electrons. The van der Waals surface area contributed by atoms with Crippen LogP contribution >= 0.6 is 0 Å². The fourth-order valence-corrected chi connectivity index (χ4v) is 6.14. The van der Waals surface area contributed by atoms with Gasteiger partial charge in [0.15, 0.2) is 0 Å². The molecule has 4 aromatic carbocycles. The van der Waals surface area contributed by atoms with Crippen LogP contribution in [-0.4, -0.2) is 43.2 Å². The van der Waals surface area contributed by atoms with Crippen LogP contribution in [0.15, 0.2) is 103 Å². The van der Waals surface area contributed by atoms with Crippen molar-refractivity contribution in [1.82, 2.24) is 24.2 Å². The number of carbonyl (C=O) groups is 1. The maximum absolute atomic E-state index is 13.8. The van der Waals surface area contributed by atoms with Crippen LogP contribution in [-0.2, 0) is 0 Å². The first-order valence-electron chi connectivity index (χ1n) is 14.1. The first-order chi connectivity index (χ1) is 20.1. The smallest absolute Gasteiger partial charge is 0.253 e. The SMILES string of the molecule is CC(c1ccccc1)n1c(C2CCN(C(=O)c3ccc4c(cnn4-c4cccc(F)c4)c3)CC2)nc2ccccc21. The molecule has 0 N–H and O–H groups in total. The lowest BCUT2D eigenvalue weighted by molar-refractivity contribution is 0.0710. The second-order valence-electron chi connectivity index (χ2n) is 10.8. The largest absolute Gasteiger partial charge is 0.339 e. The van der Waals surface area contributed by atoms with E-state index in [0.29, 0.717) is 24.3 Å². The van der Waals surface area contributed by atoms with Crippen LogP contribution in [0, 0.1) is 5.82 Å². The zero-order chi connectivity index (χ0) is 27.9. The van der Waals surface area contributed by atoms with Gasteiger partial charge >= 0.3 is 0 Å². The standard InChI is InChI=1S/C34H30FN5O/c1-23(24-8-3-2-4-9-24)39-32-13-6-5-12-30(32)37-33(39)25-16-18-38(19-17-25)34(41)26-14-15-31-27(20-26)22-36-40(31)29-11-7-10-28(35)21-29/h2-15,20-23,25H,16-19H2,1H3. The summed E-state index contributed by atoms with van der Waals surface area (Å²) in [5.41, 5.74) is 5.52. The van der Waals surface area contributed by atoms with Crippen LogP contribution in [0.1, 0.15) is 53.5 Å². The molecule has 0 aliphatic carbocycles. The minimum Gasteiger partial charge on any atom is -0.339 e. The van der Waals surface area contributed by atoms with Gasteiger partial charge in [-0.05, 0) is 73.9 Å². The molecule has 1 saturated heterocycles. The molecule has 0 bridgehead atoms. The van der Waals surface area contributed by atoms with Gasteiger partial charge in [-0.25, -0.2) is 14.1 Å². The minimum atomic E-state index is -0.313. The highest BCUT2D eigenvalue weighted by molar-refractivity contribution is 5.98. The van der Waals surface area contributed by atoms with Gasteiger partial charge in [0.2, 0.25) is 0 Å². The van der Waals surface area contributed by atoms with Crippen LogP contribution in [0.25, 0.3) is 27.6 Å². The number of hydrogen-bond acceptors (Lipinski definition) is 3. The summed E-state index contributed by atoms with van der Waals surface area (Å²) in [6.07, 6.45) is 3.44. The van der Waals surface area contributed by atoms with E-state index >= 15 is 0 Å². The average Bonchev–Trinajstić information content (AvgIpc) is 3.62. The van der Waals surface area contributed by atoms with Crippen LogP contribution in [0.4, 0.5) is 4.39 Å². The molecular weight excluding hydrogens is 513 g/mol. The van der Waals surface area contributed by atoms with Crippen LogP contribution < -0.4 is 0 Å². The molecule has 1 unspecified atom stereocenters. The molecule has 204 valence electrons. The number of carbonyl (C=O) groups excluding carboxylic acids is 1. The van der Waals surface area contributed by atoms with Crippen molar-refractivity contribution in [2.24, 2.45) is 0 Å². The summed E-state index contributed by atoms with van der Waals surface area (Å²) < 4.78 is 17.8. The third kappa shape index (κ3) is 4.57. The number of rotatable bonds is 5. The van der Waals surface area contributed by atoms with Crippen molar-refractivity contribution < 1.29 is 9.18 Å². The summed E-state index contributed by atoms with van der Waals surface area (Å²) in [6, 6.07) is 31.0. The van der Waals surface area contributed by atoms with E-state index in [1.807, 2.05) is 41.3 Å². The van der Waals surface area contributed by atoms with E-state index in [4.69, 9.17) is 4.98 Å². The highest BCUT2D eigenvalue weighted by atomic mass is 19.1. The van der Waals surface area contributed by atoms with E-state index in [0.717, 1.165) is 40.6 Å². The Balaban J connectivity index is 1.11. The summed E-state index contributed by atoms with van der Waals surface area (Å²) in [7, 11) is 0. The summed E-state index contributed by atoms with van der Waals surface area (Å²) in [4.78, 5) is 20.6. The Bertz CT molecular complexity index is 1870. The molecule has 6 aromatic rings. The molecule has 0 saturated carbocycles. The van der Waals surface area contributed by atoms with E-state index in [9.17, 15) is 9.18 Å². The number of piperidine rings is 1. The number of para-hydroxylation sites is 2. The van der Waals surface area contributed by atoms with E-state index in [-0.39, 0.29) is 23.7 Å². The third-order valence-corrected chi connectivity index (χ3v) is 8.31. The topological polar surface area (TPSA) is 56.0 Å². The van der Waals surface area contributed by atoms with Gasteiger partial charge < -0.3 is 9.47 Å². The number of benzene rings is 4. The number of imidazole rings is 1. The molecule has 1 atom stereocenters. The van der Waals surface area contributed by atoms with Gasteiger partial charge in [0, 0.05) is 30.0 Å². The fraction of sp³-hybridized carbons (Fsp3) is 0.206. The zero-order valence-corrected chi connectivity index (χ0v) is 22.8. The average molecular weight is 544 g/mol. The number of likely N-dealkylation sites (tertiary alicyclic amines) is 1. The molecule has 1 aliphatic rings. The number of halogens is 1. The Morgan fingerprint density at radius 2 is 1.66 bits per heavy atom. The second-order valence-corrected chi connectivity index (χ2v) is 10.8. The van der Waals surface area contributed by atoms with Crippen LogP contribution in [0.5, 0.6) is 0 Å². The normalized spacial score (nSPS) is 15.0. The highest BCUT2D eigenvalue weighted by Gasteiger charge is 2.29. The van der Waals surface area contributed by atoms with Gasteiger partial charge in [-0.15, -0.1) is 0 Å². The van der Waals surface area contributed by atoms with E-state index in [1.165, 1.54) is 17.7 Å². The fourth-order valence-electron chi connectivity index (χ4n) is 6.14. The summed E-state index contributed by atoms with van der Waals surface area (Å²) >= 11 is 0. The Hall–Kier alpha value is -4.78. The summed E-state index contributed by atoms with van der Waals surface area (Å²) in [5.74, 6) is 1.08. The molecule has 7 heteroatoms. The molecule has 1 amide bonds. The van der Waals surface area contributed by atoms with Crippen molar-refractivity contribution in [1.29, 1.82) is 0 Å². The van der Waals surface area contributed by atoms with Crippen molar-refractivity contribution in [3.63, 3.8) is 0 Å². The number of aromatic nitrogens is 4. The molecule has 7 rings (SSSR count). The van der Waals surface area contributed by atoms with Gasteiger partial charge in [0.1, 0.15) is 11.6 Å². The monoisotopic (exact) mass is 543 g/mol. The minimum absolute atomic E-state index is 0.0232. The molecule has 1 aliphatic heterocycles. The van der Waals surface area contributed by atoms with E-state index in [1.54, 1.807) is 16.9 Å². The van der Waals surface area contributed by atoms with Gasteiger partial charge in [-0.1, -0.05) is 48.5 Å². The molecule has 41 heavy (non-hydrogen) atoms. The first-order valence-corrected chi connectivity index (χ1v) is 14.1. The molecular formula is C34H30FN5O. The number of hydrogen-bond donors (Lipinski definition) is 0. The Morgan fingerprint density at radius 1 is 0.878 bits per heavy atom. The van der Waals surface area contributed by atoms with Crippen molar-refractivity contribution in [2.75, 3.05) is 13.1 Å². The van der Waals surface area contributed by atoms with Gasteiger partial charge in [-0.3, -0.25) is 4.79 Å². The highest BCUT2D eigenvalue weighted by Crippen LogP contribution is 2.35. The first kappa shape index (κ1) is 25.2. The van der Waals surface area contributed by atoms with Gasteiger partial charge in [0.05, 0.1) is 34.5 Å². The van der Waals surface area contributed by atoms with Gasteiger partial charge in [0.25, 0.3) is 5.91 Å². The van der Waals surface area contributed by atoms with E-state index < -0.39 is 0 Å².